The second-order valence-electron chi connectivity index (χ2n) is 3.15. The molecule has 0 aliphatic rings. The van der Waals surface area contributed by atoms with E-state index in [1.165, 1.54) is 0 Å². The Bertz CT molecular complexity index is 320. The minimum Gasteiger partial charge on any atom is -0.378 e. The van der Waals surface area contributed by atoms with E-state index in [0.717, 1.165) is 21.6 Å². The van der Waals surface area contributed by atoms with Crippen LogP contribution in [0.15, 0.2) is 0 Å². The van der Waals surface area contributed by atoms with E-state index in [9.17, 15) is 0 Å². The van der Waals surface area contributed by atoms with Crippen molar-refractivity contribution in [2.24, 2.45) is 0 Å². The normalized spacial score (nSPS) is 10.5. The van der Waals surface area contributed by atoms with Crippen molar-refractivity contribution < 1.29 is 9.47 Å². The molecule has 0 atom stereocenters. The van der Waals surface area contributed by atoms with Gasteiger partial charge >= 0.3 is 0 Å². The number of halogens is 1. The number of rotatable bonds is 6. The van der Waals surface area contributed by atoms with E-state index in [2.05, 4.69) is 37.9 Å². The summed E-state index contributed by atoms with van der Waals surface area (Å²) in [5.41, 5.74) is 0.890. The minimum absolute atomic E-state index is 0.409. The molecule has 0 saturated heterocycles. The standard InChI is InChI=1S/C10H16IN3O2/c1-4-12-10-9(11)7(5-15-2)13-8(14-10)6-16-3/h4-6H2,1-3H3,(H,12,13,14). The molecule has 1 heterocycles. The molecule has 1 rings (SSSR count). The van der Waals surface area contributed by atoms with Gasteiger partial charge < -0.3 is 14.8 Å². The Hall–Kier alpha value is -0.470. The van der Waals surface area contributed by atoms with Crippen LogP contribution in [0.4, 0.5) is 5.82 Å². The lowest BCUT2D eigenvalue weighted by molar-refractivity contribution is 0.170. The van der Waals surface area contributed by atoms with Crippen molar-refractivity contribution in [1.29, 1.82) is 0 Å². The van der Waals surface area contributed by atoms with Gasteiger partial charge in [0.2, 0.25) is 0 Å². The maximum atomic E-state index is 5.11. The monoisotopic (exact) mass is 337 g/mol. The van der Waals surface area contributed by atoms with Crippen molar-refractivity contribution in [3.05, 3.63) is 15.1 Å². The molecule has 1 aromatic heterocycles. The molecule has 0 aliphatic carbocycles. The number of aromatic nitrogens is 2. The summed E-state index contributed by atoms with van der Waals surface area (Å²) in [5, 5.41) is 3.20. The van der Waals surface area contributed by atoms with Gasteiger partial charge in [0.15, 0.2) is 5.82 Å². The summed E-state index contributed by atoms with van der Waals surface area (Å²) in [4.78, 5) is 8.77. The third-order valence-electron chi connectivity index (χ3n) is 1.86. The third-order valence-corrected chi connectivity index (χ3v) is 3.00. The largest absolute Gasteiger partial charge is 0.378 e. The lowest BCUT2D eigenvalue weighted by Crippen LogP contribution is -2.10. The Morgan fingerprint density at radius 2 is 1.88 bits per heavy atom. The quantitative estimate of drug-likeness (QED) is 0.803. The summed E-state index contributed by atoms with van der Waals surface area (Å²) in [6.07, 6.45) is 0. The first-order valence-corrected chi connectivity index (χ1v) is 6.07. The number of anilines is 1. The predicted octanol–water partition coefficient (Wildman–Crippen LogP) is 1.81. The highest BCUT2D eigenvalue weighted by atomic mass is 127. The van der Waals surface area contributed by atoms with Crippen LogP contribution >= 0.6 is 22.6 Å². The highest BCUT2D eigenvalue weighted by Crippen LogP contribution is 2.20. The van der Waals surface area contributed by atoms with E-state index in [-0.39, 0.29) is 0 Å². The highest BCUT2D eigenvalue weighted by molar-refractivity contribution is 14.1. The van der Waals surface area contributed by atoms with Crippen LogP contribution in [-0.4, -0.2) is 30.7 Å². The summed E-state index contributed by atoms with van der Waals surface area (Å²) >= 11 is 2.22. The van der Waals surface area contributed by atoms with Gasteiger partial charge in [-0.2, -0.15) is 0 Å². The van der Waals surface area contributed by atoms with E-state index < -0.39 is 0 Å². The van der Waals surface area contributed by atoms with Crippen LogP contribution in [0, 0.1) is 3.57 Å². The van der Waals surface area contributed by atoms with E-state index >= 15 is 0 Å². The first kappa shape index (κ1) is 13.6. The van der Waals surface area contributed by atoms with Gasteiger partial charge in [0.1, 0.15) is 12.4 Å². The molecule has 0 radical (unpaired) electrons. The van der Waals surface area contributed by atoms with Crippen molar-refractivity contribution in [3.8, 4) is 0 Å². The number of nitrogens with zero attached hydrogens (tertiary/aromatic N) is 2. The Morgan fingerprint density at radius 3 is 2.44 bits per heavy atom. The average Bonchev–Trinajstić information content (AvgIpc) is 2.26. The molecule has 6 heteroatoms. The van der Waals surface area contributed by atoms with Crippen molar-refractivity contribution in [1.82, 2.24) is 9.97 Å². The molecule has 16 heavy (non-hydrogen) atoms. The highest BCUT2D eigenvalue weighted by Gasteiger charge is 2.11. The maximum absolute atomic E-state index is 5.11. The molecule has 1 N–H and O–H groups in total. The fraction of sp³-hybridized carbons (Fsp3) is 0.600. The Kier molecular flexibility index (Phi) is 5.93. The van der Waals surface area contributed by atoms with Crippen LogP contribution in [-0.2, 0) is 22.7 Å². The molecule has 0 aliphatic heterocycles. The zero-order chi connectivity index (χ0) is 12.0. The Labute approximate surface area is 109 Å². The smallest absolute Gasteiger partial charge is 0.156 e. The van der Waals surface area contributed by atoms with Gasteiger partial charge in [-0.3, -0.25) is 0 Å². The minimum atomic E-state index is 0.409. The van der Waals surface area contributed by atoms with E-state index in [1.54, 1.807) is 14.2 Å². The molecule has 0 saturated carbocycles. The van der Waals surface area contributed by atoms with Crippen LogP contribution in [0.2, 0.25) is 0 Å². The summed E-state index contributed by atoms with van der Waals surface area (Å²) in [5.74, 6) is 1.52. The molecule has 90 valence electrons. The molecular weight excluding hydrogens is 321 g/mol. The molecule has 0 amide bonds. The SMILES string of the molecule is CCNc1nc(COC)nc(COC)c1I. The lowest BCUT2D eigenvalue weighted by Gasteiger charge is -2.11. The summed E-state index contributed by atoms with van der Waals surface area (Å²) in [6.45, 7) is 3.75. The van der Waals surface area contributed by atoms with E-state index in [1.807, 2.05) is 6.92 Å². The van der Waals surface area contributed by atoms with E-state index in [4.69, 9.17) is 9.47 Å². The van der Waals surface area contributed by atoms with Crippen LogP contribution in [0.3, 0.4) is 0 Å². The van der Waals surface area contributed by atoms with Crippen molar-refractivity contribution in [3.63, 3.8) is 0 Å². The zero-order valence-electron chi connectivity index (χ0n) is 9.71. The fourth-order valence-corrected chi connectivity index (χ4v) is 1.84. The molecule has 0 bridgehead atoms. The first-order valence-electron chi connectivity index (χ1n) is 5.00. The molecule has 0 spiro atoms. The fourth-order valence-electron chi connectivity index (χ4n) is 1.26. The molecular formula is C10H16IN3O2. The van der Waals surface area contributed by atoms with Gasteiger partial charge in [-0.05, 0) is 29.5 Å². The van der Waals surface area contributed by atoms with Gasteiger partial charge in [0, 0.05) is 20.8 Å². The average molecular weight is 337 g/mol. The number of ether oxygens (including phenoxy) is 2. The molecule has 0 aromatic carbocycles. The predicted molar refractivity (Wildman–Crippen MR) is 70.3 cm³/mol. The van der Waals surface area contributed by atoms with Gasteiger partial charge in [-0.15, -0.1) is 0 Å². The number of hydrogen-bond acceptors (Lipinski definition) is 5. The second-order valence-corrected chi connectivity index (χ2v) is 4.22. The van der Waals surface area contributed by atoms with E-state index in [0.29, 0.717) is 19.0 Å². The topological polar surface area (TPSA) is 56.3 Å². The van der Waals surface area contributed by atoms with Crippen molar-refractivity contribution in [2.45, 2.75) is 20.1 Å². The van der Waals surface area contributed by atoms with Gasteiger partial charge in [-0.25, -0.2) is 9.97 Å². The first-order chi connectivity index (χ1) is 7.72. The molecule has 1 aromatic rings. The zero-order valence-corrected chi connectivity index (χ0v) is 11.9. The summed E-state index contributed by atoms with van der Waals surface area (Å²) in [7, 11) is 3.28. The van der Waals surface area contributed by atoms with Crippen molar-refractivity contribution >= 4 is 28.4 Å². The Morgan fingerprint density at radius 1 is 1.19 bits per heavy atom. The summed E-state index contributed by atoms with van der Waals surface area (Å²) in [6, 6.07) is 0. The van der Waals surface area contributed by atoms with Gasteiger partial charge in [0.05, 0.1) is 15.9 Å². The Balaban J connectivity index is 3.05. The second kappa shape index (κ2) is 6.97. The molecule has 5 nitrogen and oxygen atoms in total. The van der Waals surface area contributed by atoms with Gasteiger partial charge in [0.25, 0.3) is 0 Å². The number of methoxy groups -OCH3 is 2. The van der Waals surface area contributed by atoms with Crippen molar-refractivity contribution in [2.75, 3.05) is 26.1 Å². The molecule has 0 unspecified atom stereocenters. The number of nitrogens with one attached hydrogen (secondary N) is 1. The maximum Gasteiger partial charge on any atom is 0.156 e. The lowest BCUT2D eigenvalue weighted by atomic mass is 10.4. The van der Waals surface area contributed by atoms with Crippen LogP contribution in [0.5, 0.6) is 0 Å². The molecule has 0 fully saturated rings. The third kappa shape index (κ3) is 3.53. The van der Waals surface area contributed by atoms with Gasteiger partial charge in [-0.1, -0.05) is 0 Å². The van der Waals surface area contributed by atoms with Crippen LogP contribution in [0.25, 0.3) is 0 Å². The summed E-state index contributed by atoms with van der Waals surface area (Å²) < 4.78 is 11.2. The number of hydrogen-bond donors (Lipinski definition) is 1. The van der Waals surface area contributed by atoms with Crippen LogP contribution < -0.4 is 5.32 Å². The van der Waals surface area contributed by atoms with Crippen LogP contribution in [0.1, 0.15) is 18.4 Å².